The molecule has 0 atom stereocenters. The summed E-state index contributed by atoms with van der Waals surface area (Å²) in [6, 6.07) is 11.0. The van der Waals surface area contributed by atoms with Crippen molar-refractivity contribution in [3.05, 3.63) is 58.3 Å². The van der Waals surface area contributed by atoms with Crippen molar-refractivity contribution in [2.75, 3.05) is 0 Å². The van der Waals surface area contributed by atoms with E-state index in [2.05, 4.69) is 59.4 Å². The Morgan fingerprint density at radius 1 is 0.893 bits per heavy atom. The van der Waals surface area contributed by atoms with Crippen LogP contribution in [0.25, 0.3) is 33.1 Å². The summed E-state index contributed by atoms with van der Waals surface area (Å²) in [4.78, 5) is 9.80. The zero-order valence-corrected chi connectivity index (χ0v) is 16.3. The van der Waals surface area contributed by atoms with Crippen LogP contribution < -0.4 is 0 Å². The van der Waals surface area contributed by atoms with Crippen molar-refractivity contribution >= 4 is 27.5 Å². The average molecular weight is 366 g/mol. The maximum absolute atomic E-state index is 5.20. The van der Waals surface area contributed by atoms with Crippen LogP contribution in [-0.4, -0.2) is 20.9 Å². The van der Waals surface area contributed by atoms with Crippen molar-refractivity contribution < 1.29 is 0 Å². The molecule has 0 saturated carbocycles. The molecule has 0 saturated heterocycles. The number of benzene rings is 2. The minimum absolute atomic E-state index is 0.808. The number of hydrogen-bond acceptors (Lipinski definition) is 3. The summed E-state index contributed by atoms with van der Waals surface area (Å²) in [5.74, 6) is 0. The molecule has 2 aromatic carbocycles. The molecule has 2 aromatic heterocycles. The van der Waals surface area contributed by atoms with Crippen molar-refractivity contribution in [1.82, 2.24) is 15.2 Å². The normalized spacial score (nSPS) is 15.7. The molecule has 138 valence electrons. The lowest BCUT2D eigenvalue weighted by molar-refractivity contribution is 0.689. The fourth-order valence-corrected chi connectivity index (χ4v) is 5.01. The molecule has 0 radical (unpaired) electrons. The highest BCUT2D eigenvalue weighted by Crippen LogP contribution is 2.39. The van der Waals surface area contributed by atoms with Gasteiger partial charge < -0.3 is 0 Å². The maximum atomic E-state index is 5.20. The standard InChI is InChI=1S/C24H22N4/c1-13-19-11-15(7-8-16(19)12-25-13)24-18-6-4-3-5-17(18)23-20(26-24)9-10-21-22(23)14(2)27-28-21/h7-11H,3-6,12H2,1-2H3,(H,27,28). The molecule has 3 heterocycles. The SMILES string of the molecule is CC1=NCc2ccc(-c3nc4ccc5n[nH]c(C)c5c4c4c3CCCC4)cc21. The lowest BCUT2D eigenvalue weighted by atomic mass is 9.85. The smallest absolute Gasteiger partial charge is 0.0931 e. The predicted octanol–water partition coefficient (Wildman–Crippen LogP) is 5.29. The summed E-state index contributed by atoms with van der Waals surface area (Å²) in [5, 5.41) is 10.2. The van der Waals surface area contributed by atoms with E-state index in [1.54, 1.807) is 0 Å². The Morgan fingerprint density at radius 2 is 1.71 bits per heavy atom. The number of pyridine rings is 1. The van der Waals surface area contributed by atoms with Crippen LogP contribution in [0.1, 0.15) is 47.7 Å². The van der Waals surface area contributed by atoms with Crippen LogP contribution in [-0.2, 0) is 19.4 Å². The van der Waals surface area contributed by atoms with Crippen LogP contribution in [0.2, 0.25) is 0 Å². The zero-order valence-electron chi connectivity index (χ0n) is 16.3. The van der Waals surface area contributed by atoms with Gasteiger partial charge in [0.05, 0.1) is 23.3 Å². The van der Waals surface area contributed by atoms with E-state index in [4.69, 9.17) is 4.98 Å². The van der Waals surface area contributed by atoms with Gasteiger partial charge in [-0.25, -0.2) is 4.98 Å². The lowest BCUT2D eigenvalue weighted by Crippen LogP contribution is -2.08. The molecule has 4 nitrogen and oxygen atoms in total. The molecule has 0 bridgehead atoms. The molecular formula is C24H22N4. The highest BCUT2D eigenvalue weighted by atomic mass is 15.1. The van der Waals surface area contributed by atoms with Gasteiger partial charge in [0.15, 0.2) is 0 Å². The van der Waals surface area contributed by atoms with Crippen molar-refractivity contribution in [1.29, 1.82) is 0 Å². The fourth-order valence-electron chi connectivity index (χ4n) is 5.01. The van der Waals surface area contributed by atoms with Gasteiger partial charge in [0.25, 0.3) is 0 Å². The van der Waals surface area contributed by atoms with Gasteiger partial charge in [-0.05, 0) is 74.4 Å². The highest BCUT2D eigenvalue weighted by molar-refractivity contribution is 6.09. The number of nitrogens with zero attached hydrogens (tertiary/aromatic N) is 3. The largest absolute Gasteiger partial charge is 0.285 e. The minimum Gasteiger partial charge on any atom is -0.285 e. The van der Waals surface area contributed by atoms with E-state index in [-0.39, 0.29) is 0 Å². The van der Waals surface area contributed by atoms with E-state index in [0.717, 1.165) is 47.5 Å². The molecule has 1 aliphatic heterocycles. The summed E-state index contributed by atoms with van der Waals surface area (Å²) in [6.07, 6.45) is 4.70. The number of aryl methyl sites for hydroxylation is 2. The van der Waals surface area contributed by atoms with Gasteiger partial charge in [-0.15, -0.1) is 0 Å². The second-order valence-corrected chi connectivity index (χ2v) is 8.10. The van der Waals surface area contributed by atoms with Crippen LogP contribution >= 0.6 is 0 Å². The number of rotatable bonds is 1. The number of hydrogen-bond donors (Lipinski definition) is 1. The van der Waals surface area contributed by atoms with Crippen LogP contribution in [0, 0.1) is 6.92 Å². The summed E-state index contributed by atoms with van der Waals surface area (Å²) in [6.45, 7) is 5.03. The Kier molecular flexibility index (Phi) is 3.28. The van der Waals surface area contributed by atoms with E-state index >= 15 is 0 Å². The molecule has 0 unspecified atom stereocenters. The van der Waals surface area contributed by atoms with Crippen molar-refractivity contribution in [2.24, 2.45) is 4.99 Å². The van der Waals surface area contributed by atoms with E-state index in [0.29, 0.717) is 0 Å². The molecule has 1 aliphatic carbocycles. The minimum atomic E-state index is 0.808. The molecule has 4 heteroatoms. The molecule has 6 rings (SSSR count). The second kappa shape index (κ2) is 5.74. The number of fused-ring (bicyclic) bond motifs is 6. The van der Waals surface area contributed by atoms with Crippen LogP contribution in [0.4, 0.5) is 0 Å². The number of aromatic nitrogens is 3. The third-order valence-corrected chi connectivity index (χ3v) is 6.43. The zero-order chi connectivity index (χ0) is 18.8. The molecule has 2 aliphatic rings. The monoisotopic (exact) mass is 366 g/mol. The first-order chi connectivity index (χ1) is 13.7. The van der Waals surface area contributed by atoms with Crippen molar-refractivity contribution in [2.45, 2.75) is 46.1 Å². The van der Waals surface area contributed by atoms with E-state index < -0.39 is 0 Å². The molecule has 0 fully saturated rings. The van der Waals surface area contributed by atoms with Gasteiger partial charge in [-0.1, -0.05) is 12.1 Å². The molecule has 1 N–H and O–H groups in total. The van der Waals surface area contributed by atoms with Crippen molar-refractivity contribution in [3.63, 3.8) is 0 Å². The van der Waals surface area contributed by atoms with Gasteiger partial charge in [-0.2, -0.15) is 5.10 Å². The van der Waals surface area contributed by atoms with Crippen LogP contribution in [0.15, 0.2) is 35.3 Å². The highest BCUT2D eigenvalue weighted by Gasteiger charge is 2.23. The summed E-state index contributed by atoms with van der Waals surface area (Å²) in [5.41, 5.74) is 12.3. The summed E-state index contributed by atoms with van der Waals surface area (Å²) >= 11 is 0. The first-order valence-corrected chi connectivity index (χ1v) is 10.1. The molecule has 28 heavy (non-hydrogen) atoms. The van der Waals surface area contributed by atoms with Gasteiger partial charge in [0.2, 0.25) is 0 Å². The van der Waals surface area contributed by atoms with Crippen molar-refractivity contribution in [3.8, 4) is 11.3 Å². The van der Waals surface area contributed by atoms with E-state index in [9.17, 15) is 0 Å². The summed E-state index contributed by atoms with van der Waals surface area (Å²) in [7, 11) is 0. The number of aliphatic imine (C=N–C) groups is 1. The third-order valence-electron chi connectivity index (χ3n) is 6.43. The van der Waals surface area contributed by atoms with Gasteiger partial charge in [0, 0.05) is 33.3 Å². The molecule has 4 aromatic rings. The second-order valence-electron chi connectivity index (χ2n) is 8.10. The lowest BCUT2D eigenvalue weighted by Gasteiger charge is -2.22. The predicted molar refractivity (Wildman–Crippen MR) is 114 cm³/mol. The molecule has 0 amide bonds. The van der Waals surface area contributed by atoms with Gasteiger partial charge in [0.1, 0.15) is 0 Å². The Balaban J connectivity index is 1.69. The number of aromatic amines is 1. The van der Waals surface area contributed by atoms with E-state index in [1.165, 1.54) is 51.4 Å². The Hall–Kier alpha value is -3.01. The number of H-pyrrole nitrogens is 1. The first-order valence-electron chi connectivity index (χ1n) is 10.1. The Labute approximate surface area is 163 Å². The Bertz CT molecular complexity index is 1310. The van der Waals surface area contributed by atoms with Crippen LogP contribution in [0.5, 0.6) is 0 Å². The quantitative estimate of drug-likeness (QED) is 0.498. The fraction of sp³-hybridized carbons (Fsp3) is 0.292. The molecular weight excluding hydrogens is 344 g/mol. The van der Waals surface area contributed by atoms with Gasteiger partial charge >= 0.3 is 0 Å². The van der Waals surface area contributed by atoms with Crippen LogP contribution in [0.3, 0.4) is 0 Å². The molecule has 0 spiro atoms. The van der Waals surface area contributed by atoms with Gasteiger partial charge in [-0.3, -0.25) is 10.1 Å². The third kappa shape index (κ3) is 2.15. The average Bonchev–Trinajstić information content (AvgIpc) is 3.30. The van der Waals surface area contributed by atoms with E-state index in [1.807, 2.05) is 0 Å². The maximum Gasteiger partial charge on any atom is 0.0931 e. The summed E-state index contributed by atoms with van der Waals surface area (Å²) < 4.78 is 0. The first kappa shape index (κ1) is 16.0. The topological polar surface area (TPSA) is 53.9 Å². The number of nitrogens with one attached hydrogen (secondary N) is 1. The Morgan fingerprint density at radius 3 is 2.61 bits per heavy atom.